The first-order valence-corrected chi connectivity index (χ1v) is 9.60. The maximum Gasteiger partial charge on any atom is 0.234 e. The number of rotatable bonds is 5. The van der Waals surface area contributed by atoms with Crippen LogP contribution in [0.5, 0.6) is 0 Å². The van der Waals surface area contributed by atoms with Gasteiger partial charge in [-0.05, 0) is 65.2 Å². The summed E-state index contributed by atoms with van der Waals surface area (Å²) in [7, 11) is 0. The SMILES string of the molecule is Cc1cccc(-n2ccnc2SCC(=O)Nc2ccc(C)cc2Br)c1. The standard InChI is InChI=1S/C19H18BrN3OS/c1-13-4-3-5-15(10-13)23-9-8-21-19(23)25-12-18(24)22-17-7-6-14(2)11-16(17)20/h3-11H,12H2,1-2H3,(H,22,24). The van der Waals surface area contributed by atoms with Gasteiger partial charge in [-0.25, -0.2) is 4.98 Å². The first kappa shape index (κ1) is 17.8. The Morgan fingerprint density at radius 1 is 1.20 bits per heavy atom. The summed E-state index contributed by atoms with van der Waals surface area (Å²) in [5, 5.41) is 3.72. The molecule has 0 bridgehead atoms. The van der Waals surface area contributed by atoms with Crippen molar-refractivity contribution in [1.82, 2.24) is 9.55 Å². The van der Waals surface area contributed by atoms with E-state index >= 15 is 0 Å². The average molecular weight is 416 g/mol. The largest absolute Gasteiger partial charge is 0.324 e. The van der Waals surface area contributed by atoms with Gasteiger partial charge in [0, 0.05) is 22.6 Å². The van der Waals surface area contributed by atoms with Crippen LogP contribution in [0.25, 0.3) is 5.69 Å². The van der Waals surface area contributed by atoms with Crippen LogP contribution in [0, 0.1) is 13.8 Å². The molecule has 3 rings (SSSR count). The highest BCUT2D eigenvalue weighted by Gasteiger charge is 2.10. The molecule has 2 aromatic carbocycles. The number of carbonyl (C=O) groups excluding carboxylic acids is 1. The quantitative estimate of drug-likeness (QED) is 0.597. The number of hydrogen-bond donors (Lipinski definition) is 1. The predicted octanol–water partition coefficient (Wildman–Crippen LogP) is 4.98. The van der Waals surface area contributed by atoms with Crippen molar-refractivity contribution in [2.24, 2.45) is 0 Å². The van der Waals surface area contributed by atoms with Crippen molar-refractivity contribution >= 4 is 39.3 Å². The zero-order chi connectivity index (χ0) is 17.8. The Kier molecular flexibility index (Phi) is 5.60. The highest BCUT2D eigenvalue weighted by Crippen LogP contribution is 2.25. The number of nitrogens with zero attached hydrogens (tertiary/aromatic N) is 2. The van der Waals surface area contributed by atoms with E-state index in [2.05, 4.69) is 45.3 Å². The molecule has 0 saturated carbocycles. The Balaban J connectivity index is 1.66. The van der Waals surface area contributed by atoms with Crippen LogP contribution in [0.1, 0.15) is 11.1 Å². The molecule has 1 amide bonds. The Hall–Kier alpha value is -2.05. The van der Waals surface area contributed by atoms with Crippen molar-refractivity contribution in [2.45, 2.75) is 19.0 Å². The van der Waals surface area contributed by atoms with E-state index in [0.717, 1.165) is 26.6 Å². The summed E-state index contributed by atoms with van der Waals surface area (Å²) >= 11 is 4.89. The highest BCUT2D eigenvalue weighted by atomic mass is 79.9. The molecule has 4 nitrogen and oxygen atoms in total. The molecule has 0 aliphatic heterocycles. The molecule has 0 saturated heterocycles. The number of aryl methyl sites for hydroxylation is 2. The summed E-state index contributed by atoms with van der Waals surface area (Å²) in [6.07, 6.45) is 3.66. The second kappa shape index (κ2) is 7.89. The molecule has 0 unspecified atom stereocenters. The lowest BCUT2D eigenvalue weighted by atomic mass is 10.2. The average Bonchev–Trinajstić information content (AvgIpc) is 3.04. The number of halogens is 1. The maximum absolute atomic E-state index is 12.3. The Morgan fingerprint density at radius 3 is 2.76 bits per heavy atom. The fraction of sp³-hybridized carbons (Fsp3) is 0.158. The van der Waals surface area contributed by atoms with Crippen LogP contribution in [0.4, 0.5) is 5.69 Å². The number of anilines is 1. The monoisotopic (exact) mass is 415 g/mol. The van der Waals surface area contributed by atoms with Crippen LogP contribution in [0.15, 0.2) is 64.5 Å². The van der Waals surface area contributed by atoms with Crippen LogP contribution >= 0.6 is 27.7 Å². The van der Waals surface area contributed by atoms with E-state index in [9.17, 15) is 4.79 Å². The molecule has 1 N–H and O–H groups in total. The molecule has 1 heterocycles. The summed E-state index contributed by atoms with van der Waals surface area (Å²) in [6.45, 7) is 4.07. The summed E-state index contributed by atoms with van der Waals surface area (Å²) in [5.74, 6) is 0.233. The number of nitrogens with one attached hydrogen (secondary N) is 1. The van der Waals surface area contributed by atoms with E-state index in [4.69, 9.17) is 0 Å². The minimum atomic E-state index is -0.0617. The van der Waals surface area contributed by atoms with E-state index < -0.39 is 0 Å². The number of hydrogen-bond acceptors (Lipinski definition) is 3. The predicted molar refractivity (Wildman–Crippen MR) is 107 cm³/mol. The summed E-state index contributed by atoms with van der Waals surface area (Å²) in [5.41, 5.74) is 4.14. The molecule has 0 radical (unpaired) electrons. The third kappa shape index (κ3) is 4.52. The fourth-order valence-electron chi connectivity index (χ4n) is 2.41. The number of aromatic nitrogens is 2. The number of amides is 1. The number of thioether (sulfide) groups is 1. The van der Waals surface area contributed by atoms with Crippen molar-refractivity contribution in [3.8, 4) is 5.69 Å². The minimum absolute atomic E-state index is 0.0617. The lowest BCUT2D eigenvalue weighted by molar-refractivity contribution is -0.113. The molecular formula is C19H18BrN3OS. The zero-order valence-corrected chi connectivity index (χ0v) is 16.4. The summed E-state index contributed by atoms with van der Waals surface area (Å²) < 4.78 is 2.87. The first-order chi connectivity index (χ1) is 12.0. The van der Waals surface area contributed by atoms with Crippen LogP contribution in [0.3, 0.4) is 0 Å². The number of benzene rings is 2. The van der Waals surface area contributed by atoms with Crippen molar-refractivity contribution in [3.05, 3.63) is 70.5 Å². The molecule has 0 aliphatic carbocycles. The van der Waals surface area contributed by atoms with Crippen LogP contribution in [0.2, 0.25) is 0 Å². The fourth-order valence-corrected chi connectivity index (χ4v) is 3.77. The molecule has 0 spiro atoms. The van der Waals surface area contributed by atoms with Gasteiger partial charge in [0.2, 0.25) is 5.91 Å². The molecule has 1 aromatic heterocycles. The number of carbonyl (C=O) groups is 1. The third-order valence-electron chi connectivity index (χ3n) is 3.62. The van der Waals surface area contributed by atoms with Crippen LogP contribution < -0.4 is 5.32 Å². The van der Waals surface area contributed by atoms with Gasteiger partial charge in [0.1, 0.15) is 0 Å². The normalized spacial score (nSPS) is 10.7. The van der Waals surface area contributed by atoms with Crippen molar-refractivity contribution < 1.29 is 4.79 Å². The van der Waals surface area contributed by atoms with Crippen molar-refractivity contribution in [3.63, 3.8) is 0 Å². The van der Waals surface area contributed by atoms with Gasteiger partial charge in [-0.1, -0.05) is 30.0 Å². The minimum Gasteiger partial charge on any atom is -0.324 e. The van der Waals surface area contributed by atoms with Crippen molar-refractivity contribution in [1.29, 1.82) is 0 Å². The van der Waals surface area contributed by atoms with Crippen molar-refractivity contribution in [2.75, 3.05) is 11.1 Å². The van der Waals surface area contributed by atoms with E-state index in [1.165, 1.54) is 17.3 Å². The van der Waals surface area contributed by atoms with Gasteiger partial charge in [0.05, 0.1) is 11.4 Å². The Morgan fingerprint density at radius 2 is 2.00 bits per heavy atom. The Labute approximate surface area is 159 Å². The zero-order valence-electron chi connectivity index (χ0n) is 14.0. The maximum atomic E-state index is 12.3. The Bertz CT molecular complexity index is 907. The molecule has 3 aromatic rings. The first-order valence-electron chi connectivity index (χ1n) is 7.82. The topological polar surface area (TPSA) is 46.9 Å². The van der Waals surface area contributed by atoms with Gasteiger partial charge >= 0.3 is 0 Å². The van der Waals surface area contributed by atoms with E-state index in [1.807, 2.05) is 48.0 Å². The van der Waals surface area contributed by atoms with Gasteiger partial charge in [-0.15, -0.1) is 0 Å². The second-order valence-corrected chi connectivity index (χ2v) is 7.54. The molecular weight excluding hydrogens is 398 g/mol. The summed E-state index contributed by atoms with van der Waals surface area (Å²) in [4.78, 5) is 16.6. The van der Waals surface area contributed by atoms with Gasteiger partial charge < -0.3 is 5.32 Å². The summed E-state index contributed by atoms with van der Waals surface area (Å²) in [6, 6.07) is 14.0. The van der Waals surface area contributed by atoms with Gasteiger partial charge in [0.25, 0.3) is 0 Å². The lowest BCUT2D eigenvalue weighted by Crippen LogP contribution is -2.15. The van der Waals surface area contributed by atoms with E-state index in [-0.39, 0.29) is 5.91 Å². The van der Waals surface area contributed by atoms with Gasteiger partial charge in [-0.3, -0.25) is 9.36 Å². The van der Waals surface area contributed by atoms with Crippen LogP contribution in [-0.4, -0.2) is 21.2 Å². The number of imidazole rings is 1. The molecule has 6 heteroatoms. The lowest BCUT2D eigenvalue weighted by Gasteiger charge is -2.10. The molecule has 25 heavy (non-hydrogen) atoms. The molecule has 0 atom stereocenters. The molecule has 0 fully saturated rings. The third-order valence-corrected chi connectivity index (χ3v) is 5.24. The van der Waals surface area contributed by atoms with E-state index in [0.29, 0.717) is 5.75 Å². The second-order valence-electron chi connectivity index (χ2n) is 5.74. The van der Waals surface area contributed by atoms with Gasteiger partial charge in [0.15, 0.2) is 5.16 Å². The van der Waals surface area contributed by atoms with E-state index in [1.54, 1.807) is 6.20 Å². The van der Waals surface area contributed by atoms with Gasteiger partial charge in [-0.2, -0.15) is 0 Å². The molecule has 0 aliphatic rings. The smallest absolute Gasteiger partial charge is 0.234 e. The van der Waals surface area contributed by atoms with Crippen LogP contribution in [-0.2, 0) is 4.79 Å². The molecule has 128 valence electrons. The highest BCUT2D eigenvalue weighted by molar-refractivity contribution is 9.10.